The second-order valence-electron chi connectivity index (χ2n) is 6.71. The van der Waals surface area contributed by atoms with E-state index >= 15 is 0 Å². The molecule has 0 saturated carbocycles. The molecule has 1 saturated heterocycles. The van der Waals surface area contributed by atoms with Crippen molar-refractivity contribution in [2.45, 2.75) is 45.8 Å². The predicted molar refractivity (Wildman–Crippen MR) is 87.4 cm³/mol. The first-order valence-electron chi connectivity index (χ1n) is 7.39. The van der Waals surface area contributed by atoms with Gasteiger partial charge in [-0.1, -0.05) is 16.8 Å². The molecule has 1 fully saturated rings. The summed E-state index contributed by atoms with van der Waals surface area (Å²) in [5, 5.41) is 4.32. The van der Waals surface area contributed by atoms with E-state index in [9.17, 15) is 4.39 Å². The molecule has 0 spiro atoms. The van der Waals surface area contributed by atoms with Gasteiger partial charge in [0, 0.05) is 10.6 Å². The normalized spacial score (nSPS) is 19.3. The highest BCUT2D eigenvalue weighted by Crippen LogP contribution is 2.37. The zero-order chi connectivity index (χ0) is 17.0. The molecule has 0 radical (unpaired) electrons. The van der Waals surface area contributed by atoms with Crippen molar-refractivity contribution in [3.8, 4) is 11.3 Å². The number of aryl methyl sites for hydroxylation is 1. The molecule has 0 bridgehead atoms. The molecule has 0 atom stereocenters. The van der Waals surface area contributed by atoms with Crippen LogP contribution in [0.5, 0.6) is 0 Å². The fourth-order valence-corrected chi connectivity index (χ4v) is 2.65. The van der Waals surface area contributed by atoms with Gasteiger partial charge in [-0.05, 0) is 52.8 Å². The zero-order valence-corrected chi connectivity index (χ0v) is 14.5. The fourth-order valence-electron chi connectivity index (χ4n) is 2.49. The summed E-state index contributed by atoms with van der Waals surface area (Å²) in [6.45, 7) is 9.58. The molecule has 2 heterocycles. The Labute approximate surface area is 140 Å². The predicted octanol–water partition coefficient (Wildman–Crippen LogP) is 3.74. The van der Waals surface area contributed by atoms with Crippen molar-refractivity contribution in [3.05, 3.63) is 34.8 Å². The number of aromatic nitrogens is 1. The Bertz CT molecular complexity index is 744. The van der Waals surface area contributed by atoms with Crippen molar-refractivity contribution in [3.63, 3.8) is 0 Å². The van der Waals surface area contributed by atoms with E-state index in [1.807, 2.05) is 27.7 Å². The molecular formula is C16H18BClFNO3. The molecule has 2 aromatic rings. The molecular weight excluding hydrogens is 319 g/mol. The van der Waals surface area contributed by atoms with Crippen molar-refractivity contribution in [1.82, 2.24) is 5.16 Å². The first kappa shape index (κ1) is 16.5. The van der Waals surface area contributed by atoms with Gasteiger partial charge in [-0.3, -0.25) is 0 Å². The van der Waals surface area contributed by atoms with Gasteiger partial charge < -0.3 is 13.8 Å². The smallest absolute Gasteiger partial charge is 0.399 e. The third-order valence-corrected chi connectivity index (χ3v) is 4.82. The topological polar surface area (TPSA) is 44.5 Å². The molecule has 0 N–H and O–H groups in total. The highest BCUT2D eigenvalue weighted by atomic mass is 35.5. The maximum absolute atomic E-state index is 14.3. The van der Waals surface area contributed by atoms with Crippen LogP contribution in [0.1, 0.15) is 33.5 Å². The average molecular weight is 338 g/mol. The first-order valence-corrected chi connectivity index (χ1v) is 7.77. The minimum atomic E-state index is -0.670. The van der Waals surface area contributed by atoms with Crippen molar-refractivity contribution in [1.29, 1.82) is 0 Å². The largest absolute Gasteiger partial charge is 0.500 e. The Morgan fingerprint density at radius 1 is 1.13 bits per heavy atom. The molecule has 0 amide bonds. The van der Waals surface area contributed by atoms with Gasteiger partial charge in [0.1, 0.15) is 17.3 Å². The van der Waals surface area contributed by atoms with Gasteiger partial charge in [-0.15, -0.1) is 0 Å². The van der Waals surface area contributed by atoms with Crippen molar-refractivity contribution < 1.29 is 18.2 Å². The maximum Gasteiger partial charge on any atom is 0.500 e. The average Bonchev–Trinajstić information content (AvgIpc) is 2.87. The Kier molecular flexibility index (Phi) is 3.82. The summed E-state index contributed by atoms with van der Waals surface area (Å²) in [5.74, 6) is 0.0661. The van der Waals surface area contributed by atoms with Crippen molar-refractivity contribution >= 4 is 24.2 Å². The van der Waals surface area contributed by atoms with Gasteiger partial charge >= 0.3 is 7.12 Å². The standard InChI is InChI=1S/C16H18BClFNO3/c1-9-13(17-22-15(2,3)16(4,5)23-17)14(20-21-9)11-7-6-10(18)8-12(11)19/h6-8H,1-5H3. The molecule has 122 valence electrons. The highest BCUT2D eigenvalue weighted by Gasteiger charge is 2.53. The molecule has 1 aliphatic heterocycles. The summed E-state index contributed by atoms with van der Waals surface area (Å²) < 4.78 is 31.6. The Hall–Kier alpha value is -1.37. The van der Waals surface area contributed by atoms with Gasteiger partial charge in [0.05, 0.1) is 16.7 Å². The molecule has 23 heavy (non-hydrogen) atoms. The number of nitrogens with zero attached hydrogens (tertiary/aromatic N) is 1. The van der Waals surface area contributed by atoms with E-state index < -0.39 is 24.1 Å². The van der Waals surface area contributed by atoms with Crippen molar-refractivity contribution in [2.24, 2.45) is 0 Å². The monoisotopic (exact) mass is 337 g/mol. The molecule has 1 aromatic heterocycles. The van der Waals surface area contributed by atoms with Crippen LogP contribution in [0.3, 0.4) is 0 Å². The van der Waals surface area contributed by atoms with Crippen LogP contribution >= 0.6 is 11.6 Å². The lowest BCUT2D eigenvalue weighted by atomic mass is 9.76. The van der Waals surface area contributed by atoms with Crippen LogP contribution < -0.4 is 5.46 Å². The summed E-state index contributed by atoms with van der Waals surface area (Å²) in [6.07, 6.45) is 0. The van der Waals surface area contributed by atoms with Crippen LogP contribution in [0.4, 0.5) is 4.39 Å². The lowest BCUT2D eigenvalue weighted by Crippen LogP contribution is -2.41. The van der Waals surface area contributed by atoms with Crippen LogP contribution in [-0.4, -0.2) is 23.5 Å². The summed E-state index contributed by atoms with van der Waals surface area (Å²) in [6, 6.07) is 4.43. The summed E-state index contributed by atoms with van der Waals surface area (Å²) in [4.78, 5) is 0. The SMILES string of the molecule is Cc1onc(-c2ccc(Cl)cc2F)c1B1OC(C)(C)C(C)(C)O1. The van der Waals surface area contributed by atoms with E-state index in [1.165, 1.54) is 6.07 Å². The van der Waals surface area contributed by atoms with Crippen LogP contribution in [0, 0.1) is 12.7 Å². The molecule has 1 aliphatic rings. The number of hydrogen-bond donors (Lipinski definition) is 0. The molecule has 3 rings (SSSR count). The highest BCUT2D eigenvalue weighted by molar-refractivity contribution is 6.64. The third-order valence-electron chi connectivity index (χ3n) is 4.58. The Morgan fingerprint density at radius 3 is 2.30 bits per heavy atom. The van der Waals surface area contributed by atoms with Gasteiger partial charge in [0.15, 0.2) is 0 Å². The quantitative estimate of drug-likeness (QED) is 0.783. The number of benzene rings is 1. The third kappa shape index (κ3) is 2.69. The number of halogens is 2. The minimum absolute atomic E-state index is 0.302. The van der Waals surface area contributed by atoms with E-state index in [0.29, 0.717) is 27.5 Å². The van der Waals surface area contributed by atoms with Gasteiger partial charge in [-0.2, -0.15) is 0 Å². The van der Waals surface area contributed by atoms with E-state index in [0.717, 1.165) is 0 Å². The van der Waals surface area contributed by atoms with Crippen LogP contribution in [0.25, 0.3) is 11.3 Å². The zero-order valence-electron chi connectivity index (χ0n) is 13.7. The second-order valence-corrected chi connectivity index (χ2v) is 7.15. The van der Waals surface area contributed by atoms with E-state index in [1.54, 1.807) is 19.1 Å². The van der Waals surface area contributed by atoms with Gasteiger partial charge in [-0.25, -0.2) is 4.39 Å². The van der Waals surface area contributed by atoms with Crippen LogP contribution in [-0.2, 0) is 9.31 Å². The lowest BCUT2D eigenvalue weighted by molar-refractivity contribution is 0.00578. The van der Waals surface area contributed by atoms with Crippen LogP contribution in [0.2, 0.25) is 5.02 Å². The molecule has 0 unspecified atom stereocenters. The van der Waals surface area contributed by atoms with Gasteiger partial charge in [0.2, 0.25) is 0 Å². The molecule has 4 nitrogen and oxygen atoms in total. The Balaban J connectivity index is 2.07. The summed E-state index contributed by atoms with van der Waals surface area (Å²) in [7, 11) is -0.670. The minimum Gasteiger partial charge on any atom is -0.399 e. The summed E-state index contributed by atoms with van der Waals surface area (Å²) in [5.41, 5.74) is 0.268. The number of rotatable bonds is 2. The maximum atomic E-state index is 14.3. The molecule has 1 aromatic carbocycles. The second kappa shape index (κ2) is 5.33. The van der Waals surface area contributed by atoms with E-state index in [-0.39, 0.29) is 0 Å². The first-order chi connectivity index (χ1) is 10.6. The number of hydrogen-bond acceptors (Lipinski definition) is 4. The van der Waals surface area contributed by atoms with Crippen molar-refractivity contribution in [2.75, 3.05) is 0 Å². The summed E-state index contributed by atoms with van der Waals surface area (Å²) >= 11 is 5.82. The fraction of sp³-hybridized carbons (Fsp3) is 0.438. The van der Waals surface area contributed by atoms with E-state index in [4.69, 9.17) is 25.4 Å². The van der Waals surface area contributed by atoms with Gasteiger partial charge in [0.25, 0.3) is 0 Å². The van der Waals surface area contributed by atoms with Crippen LogP contribution in [0.15, 0.2) is 22.7 Å². The molecule has 0 aliphatic carbocycles. The Morgan fingerprint density at radius 2 is 1.74 bits per heavy atom. The molecule has 7 heteroatoms. The lowest BCUT2D eigenvalue weighted by Gasteiger charge is -2.32. The van der Waals surface area contributed by atoms with E-state index in [2.05, 4.69) is 5.16 Å².